The van der Waals surface area contributed by atoms with Crippen molar-refractivity contribution in [2.24, 2.45) is 0 Å². The van der Waals surface area contributed by atoms with Gasteiger partial charge in [-0.05, 0) is 42.5 Å². The van der Waals surface area contributed by atoms with E-state index in [0.29, 0.717) is 5.92 Å². The molecule has 0 aliphatic heterocycles. The number of hydrogen-bond donors (Lipinski definition) is 1. The Morgan fingerprint density at radius 3 is 2.50 bits per heavy atom. The fourth-order valence-corrected chi connectivity index (χ4v) is 3.39. The molecule has 2 aromatic heterocycles. The number of aromatic nitrogens is 4. The summed E-state index contributed by atoms with van der Waals surface area (Å²) in [6.45, 7) is 0. The lowest BCUT2D eigenvalue weighted by Gasteiger charge is -2.11. The average molecular weight is 339 g/mol. The summed E-state index contributed by atoms with van der Waals surface area (Å²) >= 11 is 0. The summed E-state index contributed by atoms with van der Waals surface area (Å²) in [7, 11) is 0. The van der Waals surface area contributed by atoms with Gasteiger partial charge in [0.05, 0.1) is 5.52 Å². The van der Waals surface area contributed by atoms with Crippen LogP contribution in [0.15, 0.2) is 60.8 Å². The molecule has 26 heavy (non-hydrogen) atoms. The van der Waals surface area contributed by atoms with Crippen LogP contribution in [0.2, 0.25) is 0 Å². The molecular formula is C21H17N5. The van der Waals surface area contributed by atoms with Gasteiger partial charge in [0.1, 0.15) is 11.4 Å². The van der Waals surface area contributed by atoms with Crippen molar-refractivity contribution in [1.82, 2.24) is 20.2 Å². The van der Waals surface area contributed by atoms with Crippen molar-refractivity contribution in [1.29, 1.82) is 0 Å². The quantitative estimate of drug-likeness (QED) is 0.605. The van der Waals surface area contributed by atoms with Crippen LogP contribution in [-0.4, -0.2) is 20.2 Å². The average Bonchev–Trinajstić information content (AvgIpc) is 3.53. The molecular weight excluding hydrogens is 322 g/mol. The van der Waals surface area contributed by atoms with E-state index in [1.165, 1.54) is 18.4 Å². The Morgan fingerprint density at radius 2 is 1.69 bits per heavy atom. The van der Waals surface area contributed by atoms with Crippen molar-refractivity contribution >= 4 is 16.9 Å². The topological polar surface area (TPSA) is 77.6 Å². The molecule has 0 saturated heterocycles. The van der Waals surface area contributed by atoms with Gasteiger partial charge in [0.15, 0.2) is 0 Å². The molecule has 5 nitrogen and oxygen atoms in total. The number of benzene rings is 2. The van der Waals surface area contributed by atoms with Crippen molar-refractivity contribution < 1.29 is 0 Å². The minimum absolute atomic E-state index is 0.178. The molecule has 126 valence electrons. The number of pyridine rings is 1. The van der Waals surface area contributed by atoms with Gasteiger partial charge in [-0.2, -0.15) is 0 Å². The summed E-state index contributed by atoms with van der Waals surface area (Å²) in [6.07, 6.45) is 4.28. The summed E-state index contributed by atoms with van der Waals surface area (Å²) in [5.74, 6) is 0.764. The van der Waals surface area contributed by atoms with Crippen molar-refractivity contribution in [3.8, 4) is 22.5 Å². The molecule has 0 amide bonds. The van der Waals surface area contributed by atoms with Crippen LogP contribution < -0.4 is 5.73 Å². The lowest BCUT2D eigenvalue weighted by atomic mass is 9.97. The van der Waals surface area contributed by atoms with Crippen molar-refractivity contribution in [3.63, 3.8) is 0 Å². The molecule has 1 aliphatic carbocycles. The first-order valence-corrected chi connectivity index (χ1v) is 8.74. The third-order valence-electron chi connectivity index (χ3n) is 4.78. The van der Waals surface area contributed by atoms with Crippen molar-refractivity contribution in [3.05, 3.63) is 66.4 Å². The first kappa shape index (κ1) is 15.0. The van der Waals surface area contributed by atoms with E-state index < -0.39 is 0 Å². The Balaban J connectivity index is 1.76. The highest BCUT2D eigenvalue weighted by Gasteiger charge is 2.27. The molecule has 2 aromatic carbocycles. The van der Waals surface area contributed by atoms with Gasteiger partial charge in [0.2, 0.25) is 5.95 Å². The monoisotopic (exact) mass is 339 g/mol. The van der Waals surface area contributed by atoms with E-state index >= 15 is 0 Å². The highest BCUT2D eigenvalue weighted by atomic mass is 15.2. The van der Waals surface area contributed by atoms with E-state index in [-0.39, 0.29) is 5.95 Å². The molecule has 0 spiro atoms. The highest BCUT2D eigenvalue weighted by Crippen LogP contribution is 2.44. The summed E-state index contributed by atoms with van der Waals surface area (Å²) < 4.78 is 0. The second-order valence-electron chi connectivity index (χ2n) is 6.65. The second kappa shape index (κ2) is 5.88. The third kappa shape index (κ3) is 2.58. The van der Waals surface area contributed by atoms with Crippen molar-refractivity contribution in [2.45, 2.75) is 18.8 Å². The van der Waals surface area contributed by atoms with Gasteiger partial charge in [0.25, 0.3) is 0 Å². The molecule has 0 radical (unpaired) electrons. The van der Waals surface area contributed by atoms with Gasteiger partial charge in [-0.25, -0.2) is 4.98 Å². The van der Waals surface area contributed by atoms with Gasteiger partial charge in [0, 0.05) is 22.7 Å². The molecule has 1 saturated carbocycles. The normalized spacial score (nSPS) is 13.8. The van der Waals surface area contributed by atoms with E-state index in [4.69, 9.17) is 5.73 Å². The maximum atomic E-state index is 5.83. The number of nitrogen functional groups attached to an aromatic ring is 1. The first-order chi connectivity index (χ1) is 12.8. The largest absolute Gasteiger partial charge is 0.366 e. The maximum absolute atomic E-state index is 5.83. The fourth-order valence-electron chi connectivity index (χ4n) is 3.39. The minimum Gasteiger partial charge on any atom is -0.366 e. The van der Waals surface area contributed by atoms with Gasteiger partial charge in [-0.15, -0.1) is 10.2 Å². The molecule has 2 heterocycles. The lowest BCUT2D eigenvalue weighted by molar-refractivity contribution is 0.996. The predicted octanol–water partition coefficient (Wildman–Crippen LogP) is 4.21. The minimum atomic E-state index is 0.178. The second-order valence-corrected chi connectivity index (χ2v) is 6.65. The van der Waals surface area contributed by atoms with Crippen LogP contribution in [0.3, 0.4) is 0 Å². The van der Waals surface area contributed by atoms with Crippen molar-refractivity contribution in [2.75, 3.05) is 5.73 Å². The Kier molecular flexibility index (Phi) is 3.38. The number of nitrogens with zero attached hydrogens (tertiary/aromatic N) is 4. The standard InChI is InChI=1S/C21H17N5/c22-21-24-19(14-5-2-1-3-6-14)20(25-26-21)16-11-15-7-4-10-23-18(15)17(12-16)13-8-9-13/h1-7,10-13H,8-9H2,(H2,22,24,26). The number of rotatable bonds is 3. The molecule has 0 bridgehead atoms. The van der Waals surface area contributed by atoms with Crippen LogP contribution >= 0.6 is 0 Å². The van der Waals surface area contributed by atoms with E-state index in [1.54, 1.807) is 0 Å². The SMILES string of the molecule is Nc1nnc(-c2cc(C3CC3)c3ncccc3c2)c(-c2ccccc2)n1. The van der Waals surface area contributed by atoms with E-state index in [1.807, 2.05) is 42.6 Å². The van der Waals surface area contributed by atoms with Crippen LogP contribution in [0.5, 0.6) is 0 Å². The number of nitrogens with two attached hydrogens (primary N) is 1. The smallest absolute Gasteiger partial charge is 0.240 e. The molecule has 0 unspecified atom stereocenters. The highest BCUT2D eigenvalue weighted by molar-refractivity contribution is 5.90. The zero-order chi connectivity index (χ0) is 17.5. The number of fused-ring (bicyclic) bond motifs is 1. The third-order valence-corrected chi connectivity index (χ3v) is 4.78. The number of anilines is 1. The van der Waals surface area contributed by atoms with Crippen LogP contribution in [-0.2, 0) is 0 Å². The molecule has 1 aliphatic rings. The van der Waals surface area contributed by atoms with Gasteiger partial charge < -0.3 is 5.73 Å². The molecule has 1 fully saturated rings. The Morgan fingerprint density at radius 1 is 0.846 bits per heavy atom. The van der Waals surface area contributed by atoms with E-state index in [9.17, 15) is 0 Å². The molecule has 2 N–H and O–H groups in total. The lowest BCUT2D eigenvalue weighted by Crippen LogP contribution is -2.02. The Bertz CT molecular complexity index is 1100. The zero-order valence-corrected chi connectivity index (χ0v) is 14.1. The van der Waals surface area contributed by atoms with E-state index in [0.717, 1.165) is 33.4 Å². The molecule has 5 heteroatoms. The van der Waals surface area contributed by atoms with Crippen LogP contribution in [0.4, 0.5) is 5.95 Å². The molecule has 5 rings (SSSR count). The Hall–Kier alpha value is -3.34. The van der Waals surface area contributed by atoms with Crippen LogP contribution in [0.25, 0.3) is 33.4 Å². The van der Waals surface area contributed by atoms with E-state index in [2.05, 4.69) is 38.4 Å². The Labute approximate surface area is 151 Å². The maximum Gasteiger partial charge on any atom is 0.240 e. The van der Waals surface area contributed by atoms with Gasteiger partial charge in [-0.3, -0.25) is 4.98 Å². The van der Waals surface area contributed by atoms with Crippen LogP contribution in [0.1, 0.15) is 24.3 Å². The zero-order valence-electron chi connectivity index (χ0n) is 14.1. The summed E-state index contributed by atoms with van der Waals surface area (Å²) in [4.78, 5) is 9.08. The summed E-state index contributed by atoms with van der Waals surface area (Å²) in [5.41, 5.74) is 11.7. The summed E-state index contributed by atoms with van der Waals surface area (Å²) in [6, 6.07) is 18.3. The van der Waals surface area contributed by atoms with Gasteiger partial charge in [-0.1, -0.05) is 36.4 Å². The van der Waals surface area contributed by atoms with Crippen LogP contribution in [0, 0.1) is 0 Å². The summed E-state index contributed by atoms with van der Waals surface area (Å²) in [5, 5.41) is 9.52. The molecule has 4 aromatic rings. The first-order valence-electron chi connectivity index (χ1n) is 8.74. The fraction of sp³-hybridized carbons (Fsp3) is 0.143. The number of hydrogen-bond acceptors (Lipinski definition) is 5. The predicted molar refractivity (Wildman–Crippen MR) is 102 cm³/mol. The van der Waals surface area contributed by atoms with Gasteiger partial charge >= 0.3 is 0 Å². The molecule has 0 atom stereocenters.